The highest BCUT2D eigenvalue weighted by molar-refractivity contribution is 6.00. The van der Waals surface area contributed by atoms with E-state index in [0.717, 1.165) is 17.7 Å². The van der Waals surface area contributed by atoms with Gasteiger partial charge < -0.3 is 15.3 Å². The first-order chi connectivity index (χ1) is 10.9. The Morgan fingerprint density at radius 2 is 2.09 bits per heavy atom. The summed E-state index contributed by atoms with van der Waals surface area (Å²) in [5.41, 5.74) is 1.93. The summed E-state index contributed by atoms with van der Waals surface area (Å²) in [7, 11) is 0. The van der Waals surface area contributed by atoms with E-state index in [1.807, 2.05) is 31.2 Å². The summed E-state index contributed by atoms with van der Waals surface area (Å²) in [4.78, 5) is 36.9. The molecule has 0 spiro atoms. The van der Waals surface area contributed by atoms with Gasteiger partial charge >= 0.3 is 5.97 Å². The maximum Gasteiger partial charge on any atom is 0.308 e. The normalized spacial score (nSPS) is 18.8. The van der Waals surface area contributed by atoms with Crippen molar-refractivity contribution in [3.63, 3.8) is 0 Å². The van der Waals surface area contributed by atoms with E-state index in [9.17, 15) is 14.4 Å². The third-order valence-electron chi connectivity index (χ3n) is 4.16. The average molecular weight is 318 g/mol. The molecule has 1 aromatic rings. The van der Waals surface area contributed by atoms with Crippen LogP contribution in [0.5, 0.6) is 0 Å². The van der Waals surface area contributed by atoms with Gasteiger partial charge in [0.25, 0.3) is 0 Å². The molecule has 0 bridgehead atoms. The fourth-order valence-corrected chi connectivity index (χ4v) is 2.67. The molecule has 1 heterocycles. The average Bonchev–Trinajstić information content (AvgIpc) is 2.93. The van der Waals surface area contributed by atoms with Gasteiger partial charge in [0.05, 0.1) is 11.8 Å². The number of aliphatic carboxylic acids is 1. The van der Waals surface area contributed by atoms with Crippen LogP contribution < -0.4 is 10.2 Å². The second-order valence-corrected chi connectivity index (χ2v) is 5.87. The molecule has 0 saturated carbocycles. The van der Waals surface area contributed by atoms with Crippen LogP contribution in [0.15, 0.2) is 24.3 Å². The molecule has 1 aromatic carbocycles. The van der Waals surface area contributed by atoms with Crippen molar-refractivity contribution in [2.45, 2.75) is 26.7 Å². The molecule has 2 rings (SSSR count). The van der Waals surface area contributed by atoms with Gasteiger partial charge in [-0.25, -0.2) is 0 Å². The molecular formula is C17H22N2O4. The summed E-state index contributed by atoms with van der Waals surface area (Å²) >= 11 is 0. The zero-order valence-corrected chi connectivity index (χ0v) is 13.4. The van der Waals surface area contributed by atoms with Crippen molar-refractivity contribution in [1.82, 2.24) is 5.32 Å². The number of rotatable bonds is 6. The first-order valence-corrected chi connectivity index (χ1v) is 7.82. The van der Waals surface area contributed by atoms with E-state index in [4.69, 9.17) is 5.11 Å². The quantitative estimate of drug-likeness (QED) is 0.831. The molecule has 23 heavy (non-hydrogen) atoms. The predicted octanol–water partition coefficient (Wildman–Crippen LogP) is 1.44. The van der Waals surface area contributed by atoms with Crippen LogP contribution in [0.1, 0.15) is 25.8 Å². The van der Waals surface area contributed by atoms with Crippen molar-refractivity contribution in [2.75, 3.05) is 18.0 Å². The minimum absolute atomic E-state index is 0.0719. The standard InChI is InChI=1S/C17H22N2O4/c1-3-12-6-4-5-7-14(12)19-10-13(8-15(19)20)16(21)18-9-11(2)17(22)23/h4-7,11,13H,3,8-10H2,1-2H3,(H,18,21)(H,22,23). The number of nitrogens with zero attached hydrogens (tertiary/aromatic N) is 1. The number of nitrogens with one attached hydrogen (secondary N) is 1. The lowest BCUT2D eigenvalue weighted by Crippen LogP contribution is -2.37. The number of carbonyl (C=O) groups excluding carboxylic acids is 2. The highest BCUT2D eigenvalue weighted by Crippen LogP contribution is 2.28. The monoisotopic (exact) mass is 318 g/mol. The van der Waals surface area contributed by atoms with Crippen LogP contribution in [-0.4, -0.2) is 36.0 Å². The molecular weight excluding hydrogens is 296 g/mol. The smallest absolute Gasteiger partial charge is 0.308 e. The molecule has 1 aliphatic heterocycles. The number of para-hydroxylation sites is 1. The highest BCUT2D eigenvalue weighted by atomic mass is 16.4. The highest BCUT2D eigenvalue weighted by Gasteiger charge is 2.35. The number of benzene rings is 1. The van der Waals surface area contributed by atoms with Gasteiger partial charge in [0.15, 0.2) is 0 Å². The lowest BCUT2D eigenvalue weighted by Gasteiger charge is -2.20. The number of anilines is 1. The summed E-state index contributed by atoms with van der Waals surface area (Å²) in [6.07, 6.45) is 0.971. The molecule has 0 aliphatic carbocycles. The van der Waals surface area contributed by atoms with Gasteiger partial charge in [0.2, 0.25) is 11.8 Å². The second-order valence-electron chi connectivity index (χ2n) is 5.87. The van der Waals surface area contributed by atoms with Gasteiger partial charge in [-0.15, -0.1) is 0 Å². The number of hydrogen-bond acceptors (Lipinski definition) is 3. The first kappa shape index (κ1) is 17.0. The molecule has 2 atom stereocenters. The van der Waals surface area contributed by atoms with E-state index in [1.165, 1.54) is 6.92 Å². The van der Waals surface area contributed by atoms with Crippen LogP contribution in [0, 0.1) is 11.8 Å². The Morgan fingerprint density at radius 1 is 1.39 bits per heavy atom. The van der Waals surface area contributed by atoms with E-state index in [2.05, 4.69) is 5.32 Å². The fraction of sp³-hybridized carbons (Fsp3) is 0.471. The van der Waals surface area contributed by atoms with Crippen LogP contribution in [0.25, 0.3) is 0 Å². The van der Waals surface area contributed by atoms with Crippen molar-refractivity contribution in [2.24, 2.45) is 11.8 Å². The third kappa shape index (κ3) is 3.88. The SMILES string of the molecule is CCc1ccccc1N1CC(C(=O)NCC(C)C(=O)O)CC1=O. The molecule has 2 unspecified atom stereocenters. The van der Waals surface area contributed by atoms with Crippen LogP contribution in [0.2, 0.25) is 0 Å². The van der Waals surface area contributed by atoms with Crippen molar-refractivity contribution in [3.05, 3.63) is 29.8 Å². The number of amides is 2. The Hall–Kier alpha value is -2.37. The Morgan fingerprint density at radius 3 is 2.74 bits per heavy atom. The maximum atomic E-state index is 12.3. The molecule has 6 heteroatoms. The third-order valence-corrected chi connectivity index (χ3v) is 4.16. The summed E-state index contributed by atoms with van der Waals surface area (Å²) in [5.74, 6) is -2.37. The number of carboxylic acid groups (broad SMARTS) is 1. The number of hydrogen-bond donors (Lipinski definition) is 2. The predicted molar refractivity (Wildman–Crippen MR) is 86.1 cm³/mol. The zero-order valence-electron chi connectivity index (χ0n) is 13.4. The Balaban J connectivity index is 2.02. The topological polar surface area (TPSA) is 86.7 Å². The van der Waals surface area contributed by atoms with Crippen LogP contribution >= 0.6 is 0 Å². The second kappa shape index (κ2) is 7.26. The summed E-state index contributed by atoms with van der Waals surface area (Å²) in [6.45, 7) is 3.97. The lowest BCUT2D eigenvalue weighted by atomic mass is 10.1. The van der Waals surface area contributed by atoms with E-state index >= 15 is 0 Å². The molecule has 0 aromatic heterocycles. The minimum Gasteiger partial charge on any atom is -0.481 e. The molecule has 1 saturated heterocycles. The van der Waals surface area contributed by atoms with Gasteiger partial charge in [0, 0.05) is 25.2 Å². The molecule has 6 nitrogen and oxygen atoms in total. The van der Waals surface area contributed by atoms with Crippen molar-refractivity contribution < 1.29 is 19.5 Å². The van der Waals surface area contributed by atoms with E-state index in [1.54, 1.807) is 4.90 Å². The van der Waals surface area contributed by atoms with E-state index in [-0.39, 0.29) is 24.8 Å². The molecule has 1 aliphatic rings. The van der Waals surface area contributed by atoms with Gasteiger partial charge in [-0.3, -0.25) is 14.4 Å². The van der Waals surface area contributed by atoms with Gasteiger partial charge in [-0.2, -0.15) is 0 Å². The van der Waals surface area contributed by atoms with Gasteiger partial charge in [0.1, 0.15) is 0 Å². The molecule has 2 amide bonds. The zero-order chi connectivity index (χ0) is 17.0. The minimum atomic E-state index is -0.953. The Kier molecular flexibility index (Phi) is 5.36. The molecule has 124 valence electrons. The first-order valence-electron chi connectivity index (χ1n) is 7.82. The molecule has 2 N–H and O–H groups in total. The maximum absolute atomic E-state index is 12.3. The van der Waals surface area contributed by atoms with E-state index < -0.39 is 17.8 Å². The molecule has 0 radical (unpaired) electrons. The van der Waals surface area contributed by atoms with Crippen LogP contribution in [0.4, 0.5) is 5.69 Å². The summed E-state index contributed by atoms with van der Waals surface area (Å²) in [5, 5.41) is 11.5. The lowest BCUT2D eigenvalue weighted by molar-refractivity contribution is -0.141. The molecule has 1 fully saturated rings. The van der Waals surface area contributed by atoms with Crippen molar-refractivity contribution in [1.29, 1.82) is 0 Å². The fourth-order valence-electron chi connectivity index (χ4n) is 2.67. The van der Waals surface area contributed by atoms with E-state index in [0.29, 0.717) is 6.54 Å². The van der Waals surface area contributed by atoms with Crippen molar-refractivity contribution in [3.8, 4) is 0 Å². The summed E-state index contributed by atoms with van der Waals surface area (Å²) in [6, 6.07) is 7.68. The largest absolute Gasteiger partial charge is 0.481 e. The Bertz CT molecular complexity index is 614. The van der Waals surface area contributed by atoms with Crippen LogP contribution in [-0.2, 0) is 20.8 Å². The summed E-state index contributed by atoms with van der Waals surface area (Å²) < 4.78 is 0. The van der Waals surface area contributed by atoms with Crippen molar-refractivity contribution >= 4 is 23.5 Å². The van der Waals surface area contributed by atoms with Gasteiger partial charge in [-0.05, 0) is 18.1 Å². The number of carbonyl (C=O) groups is 3. The number of carboxylic acids is 1. The Labute approximate surface area is 135 Å². The number of aryl methyl sites for hydroxylation is 1. The van der Waals surface area contributed by atoms with Gasteiger partial charge in [-0.1, -0.05) is 32.0 Å². The van der Waals surface area contributed by atoms with Crippen LogP contribution in [0.3, 0.4) is 0 Å².